The van der Waals surface area contributed by atoms with Gasteiger partial charge in [0.15, 0.2) is 0 Å². The van der Waals surface area contributed by atoms with Crippen LogP contribution >= 0.6 is 0 Å². The third-order valence-corrected chi connectivity index (χ3v) is 1.99. The molecule has 0 aliphatic rings. The van der Waals surface area contributed by atoms with Gasteiger partial charge in [0.05, 0.1) is 19.3 Å². The van der Waals surface area contributed by atoms with Gasteiger partial charge in [0.2, 0.25) is 0 Å². The molecule has 0 saturated heterocycles. The second-order valence-corrected chi connectivity index (χ2v) is 3.59. The minimum absolute atomic E-state index is 0.236. The summed E-state index contributed by atoms with van der Waals surface area (Å²) in [6.07, 6.45) is 4.40. The summed E-state index contributed by atoms with van der Waals surface area (Å²) >= 11 is 0. The Bertz CT molecular complexity index is 140. The van der Waals surface area contributed by atoms with E-state index in [1.54, 1.807) is 0 Å². The first-order valence-corrected chi connectivity index (χ1v) is 5.82. The fourth-order valence-corrected chi connectivity index (χ4v) is 1.10. The average molecular weight is 215 g/mol. The maximum Gasteiger partial charge on any atom is 0.0704 e. The number of ether oxygens (including phenoxy) is 2. The second-order valence-electron chi connectivity index (χ2n) is 3.59. The maximum atomic E-state index is 5.55. The van der Waals surface area contributed by atoms with E-state index < -0.39 is 0 Å². The largest absolute Gasteiger partial charge is 0.379 e. The molecule has 1 atom stereocenters. The van der Waals surface area contributed by atoms with Gasteiger partial charge in [0.25, 0.3) is 0 Å². The summed E-state index contributed by atoms with van der Waals surface area (Å²) in [5.41, 5.74) is 0. The van der Waals surface area contributed by atoms with Crippen LogP contribution < -0.4 is 5.32 Å². The number of hydrogen-bond acceptors (Lipinski definition) is 3. The molecule has 1 unspecified atom stereocenters. The minimum Gasteiger partial charge on any atom is -0.379 e. The Morgan fingerprint density at radius 3 is 2.80 bits per heavy atom. The Morgan fingerprint density at radius 2 is 2.13 bits per heavy atom. The molecule has 0 spiro atoms. The molecule has 0 aromatic heterocycles. The minimum atomic E-state index is 0.236. The summed E-state index contributed by atoms with van der Waals surface area (Å²) in [5.74, 6) is 0. The molecule has 0 aromatic rings. The van der Waals surface area contributed by atoms with Crippen molar-refractivity contribution in [3.63, 3.8) is 0 Å². The molecule has 0 radical (unpaired) electrons. The van der Waals surface area contributed by atoms with Crippen LogP contribution in [0.15, 0.2) is 12.7 Å². The van der Waals surface area contributed by atoms with Gasteiger partial charge in [0.1, 0.15) is 0 Å². The van der Waals surface area contributed by atoms with Gasteiger partial charge < -0.3 is 14.8 Å². The van der Waals surface area contributed by atoms with Gasteiger partial charge in [-0.15, -0.1) is 6.58 Å². The van der Waals surface area contributed by atoms with E-state index in [0.717, 1.165) is 26.1 Å². The average Bonchev–Trinajstić information content (AvgIpc) is 2.23. The molecule has 0 fully saturated rings. The van der Waals surface area contributed by atoms with Gasteiger partial charge >= 0.3 is 0 Å². The van der Waals surface area contributed by atoms with Gasteiger partial charge in [-0.25, -0.2) is 0 Å². The molecule has 0 aliphatic heterocycles. The zero-order valence-electron chi connectivity index (χ0n) is 10.1. The monoisotopic (exact) mass is 215 g/mol. The summed E-state index contributed by atoms with van der Waals surface area (Å²) in [7, 11) is 0. The lowest BCUT2D eigenvalue weighted by Gasteiger charge is -2.13. The van der Waals surface area contributed by atoms with E-state index in [1.807, 2.05) is 6.08 Å². The highest BCUT2D eigenvalue weighted by Gasteiger charge is 1.99. The standard InChI is InChI=1S/C12H25NO2/c1-4-6-8-14-9-10-15-12(3)11-13-7-5-2/h5,12-13H,2,4,6-11H2,1,3H3. The number of rotatable bonds is 11. The third-order valence-electron chi connectivity index (χ3n) is 1.99. The van der Waals surface area contributed by atoms with Gasteiger partial charge in [-0.2, -0.15) is 0 Å². The fraction of sp³-hybridized carbons (Fsp3) is 0.833. The zero-order chi connectivity index (χ0) is 11.4. The summed E-state index contributed by atoms with van der Waals surface area (Å²) in [5, 5.41) is 3.21. The van der Waals surface area contributed by atoms with Gasteiger partial charge in [-0.1, -0.05) is 19.4 Å². The first-order chi connectivity index (χ1) is 7.31. The van der Waals surface area contributed by atoms with E-state index in [9.17, 15) is 0 Å². The summed E-state index contributed by atoms with van der Waals surface area (Å²) in [4.78, 5) is 0. The first kappa shape index (κ1) is 14.6. The predicted octanol–water partition coefficient (Wildman–Crippen LogP) is 1.98. The molecule has 0 amide bonds. The zero-order valence-corrected chi connectivity index (χ0v) is 10.1. The summed E-state index contributed by atoms with van der Waals surface area (Å²) < 4.78 is 10.9. The highest BCUT2D eigenvalue weighted by Crippen LogP contribution is 1.91. The number of nitrogens with one attached hydrogen (secondary N) is 1. The molecule has 90 valence electrons. The second kappa shape index (κ2) is 11.7. The molecular formula is C12H25NO2. The van der Waals surface area contributed by atoms with Crippen LogP contribution in [0.1, 0.15) is 26.7 Å². The maximum absolute atomic E-state index is 5.55. The lowest BCUT2D eigenvalue weighted by Crippen LogP contribution is -2.27. The molecule has 3 nitrogen and oxygen atoms in total. The van der Waals surface area contributed by atoms with E-state index in [1.165, 1.54) is 6.42 Å². The molecular weight excluding hydrogens is 190 g/mol. The van der Waals surface area contributed by atoms with Crippen molar-refractivity contribution in [1.82, 2.24) is 5.32 Å². The van der Waals surface area contributed by atoms with Crippen LogP contribution in [0, 0.1) is 0 Å². The highest BCUT2D eigenvalue weighted by molar-refractivity contribution is 4.70. The van der Waals surface area contributed by atoms with E-state index >= 15 is 0 Å². The van der Waals surface area contributed by atoms with E-state index in [2.05, 4.69) is 25.7 Å². The van der Waals surface area contributed by atoms with E-state index in [0.29, 0.717) is 13.2 Å². The van der Waals surface area contributed by atoms with Gasteiger partial charge in [-0.3, -0.25) is 0 Å². The van der Waals surface area contributed by atoms with Crippen molar-refractivity contribution in [2.24, 2.45) is 0 Å². The fourth-order valence-electron chi connectivity index (χ4n) is 1.10. The Morgan fingerprint density at radius 1 is 1.33 bits per heavy atom. The molecule has 0 aromatic carbocycles. The van der Waals surface area contributed by atoms with Crippen LogP contribution in [0.25, 0.3) is 0 Å². The number of hydrogen-bond donors (Lipinski definition) is 1. The predicted molar refractivity (Wildman–Crippen MR) is 64.2 cm³/mol. The SMILES string of the molecule is C=CCNCC(C)OCCOCCCC. The highest BCUT2D eigenvalue weighted by atomic mass is 16.5. The first-order valence-electron chi connectivity index (χ1n) is 5.82. The Labute approximate surface area is 93.8 Å². The van der Waals surface area contributed by atoms with Crippen LogP contribution in [0.4, 0.5) is 0 Å². The van der Waals surface area contributed by atoms with Crippen molar-refractivity contribution in [3.8, 4) is 0 Å². The third kappa shape index (κ3) is 11.5. The van der Waals surface area contributed by atoms with Crippen molar-refractivity contribution < 1.29 is 9.47 Å². The molecule has 0 rings (SSSR count). The van der Waals surface area contributed by atoms with E-state index in [-0.39, 0.29) is 6.10 Å². The Hall–Kier alpha value is -0.380. The molecule has 0 bridgehead atoms. The van der Waals surface area contributed by atoms with Crippen LogP contribution in [-0.2, 0) is 9.47 Å². The lowest BCUT2D eigenvalue weighted by atomic mass is 10.4. The van der Waals surface area contributed by atoms with Crippen LogP contribution in [-0.4, -0.2) is 39.0 Å². The summed E-state index contributed by atoms with van der Waals surface area (Å²) in [6.45, 7) is 11.8. The molecule has 3 heteroatoms. The molecule has 15 heavy (non-hydrogen) atoms. The number of unbranched alkanes of at least 4 members (excludes halogenated alkanes) is 1. The van der Waals surface area contributed by atoms with Crippen molar-refractivity contribution in [2.75, 3.05) is 32.9 Å². The Balaban J connectivity index is 3.09. The smallest absolute Gasteiger partial charge is 0.0704 e. The molecule has 0 aliphatic carbocycles. The molecule has 0 saturated carbocycles. The lowest BCUT2D eigenvalue weighted by molar-refractivity contribution is 0.0125. The van der Waals surface area contributed by atoms with Gasteiger partial charge in [0, 0.05) is 19.7 Å². The van der Waals surface area contributed by atoms with Crippen molar-refractivity contribution in [2.45, 2.75) is 32.8 Å². The van der Waals surface area contributed by atoms with Gasteiger partial charge in [-0.05, 0) is 13.3 Å². The van der Waals surface area contributed by atoms with Crippen LogP contribution in [0.2, 0.25) is 0 Å². The van der Waals surface area contributed by atoms with E-state index in [4.69, 9.17) is 9.47 Å². The molecule has 0 heterocycles. The topological polar surface area (TPSA) is 30.5 Å². The van der Waals surface area contributed by atoms with Crippen molar-refractivity contribution in [3.05, 3.63) is 12.7 Å². The van der Waals surface area contributed by atoms with Crippen LogP contribution in [0.5, 0.6) is 0 Å². The quantitative estimate of drug-likeness (QED) is 0.422. The molecule has 1 N–H and O–H groups in total. The van der Waals surface area contributed by atoms with Crippen molar-refractivity contribution in [1.29, 1.82) is 0 Å². The van der Waals surface area contributed by atoms with Crippen LogP contribution in [0.3, 0.4) is 0 Å². The van der Waals surface area contributed by atoms with Crippen molar-refractivity contribution >= 4 is 0 Å². The normalized spacial score (nSPS) is 12.7. The Kier molecular flexibility index (Phi) is 11.4. The summed E-state index contributed by atoms with van der Waals surface area (Å²) in [6, 6.07) is 0.